The van der Waals surface area contributed by atoms with Gasteiger partial charge in [-0.1, -0.05) is 83.4 Å². The molecule has 0 aliphatic carbocycles. The molecule has 128 valence electrons. The quantitative estimate of drug-likeness (QED) is 0.434. The molecule has 26 heavy (non-hydrogen) atoms. The highest BCUT2D eigenvalue weighted by Crippen LogP contribution is 2.35. The molecule has 0 fully saturated rings. The molecule has 4 aromatic rings. The first kappa shape index (κ1) is 16.6. The maximum Gasteiger partial charge on any atom is 0.140 e. The number of benzene rings is 3. The minimum Gasteiger partial charge on any atom is -0.337 e. The van der Waals surface area contributed by atoms with Crippen LogP contribution >= 0.6 is 11.6 Å². The zero-order valence-electron chi connectivity index (χ0n) is 14.8. The molecule has 0 saturated carbocycles. The summed E-state index contributed by atoms with van der Waals surface area (Å²) in [6, 6.07) is 24.7. The summed E-state index contributed by atoms with van der Waals surface area (Å²) in [4.78, 5) is 8.39. The fourth-order valence-corrected chi connectivity index (χ4v) is 3.23. The van der Waals surface area contributed by atoms with E-state index < -0.39 is 0 Å². The number of nitrogens with zero attached hydrogens (tertiary/aromatic N) is 1. The molecule has 1 N–H and O–H groups in total. The number of aromatic nitrogens is 2. The molecule has 1 heterocycles. The maximum absolute atomic E-state index is 6.39. The van der Waals surface area contributed by atoms with Gasteiger partial charge in [0.15, 0.2) is 0 Å². The van der Waals surface area contributed by atoms with E-state index in [1.165, 1.54) is 11.1 Å². The molecule has 0 aliphatic rings. The molecule has 0 bridgehead atoms. The Balaban J connectivity index is 1.92. The highest BCUT2D eigenvalue weighted by Gasteiger charge is 2.16. The van der Waals surface area contributed by atoms with Crippen molar-refractivity contribution < 1.29 is 0 Å². The van der Waals surface area contributed by atoms with Crippen molar-refractivity contribution >= 4 is 11.6 Å². The first-order chi connectivity index (χ1) is 12.6. The van der Waals surface area contributed by atoms with Gasteiger partial charge in [0.05, 0.1) is 16.4 Å². The summed E-state index contributed by atoms with van der Waals surface area (Å²) in [5.41, 5.74) is 7.50. The van der Waals surface area contributed by atoms with E-state index in [1.54, 1.807) is 0 Å². The fourth-order valence-electron chi connectivity index (χ4n) is 3.00. The first-order valence-electron chi connectivity index (χ1n) is 8.61. The Kier molecular flexibility index (Phi) is 4.36. The average molecular weight is 359 g/mol. The lowest BCUT2D eigenvalue weighted by Crippen LogP contribution is -1.84. The van der Waals surface area contributed by atoms with Crippen LogP contribution in [0.15, 0.2) is 72.8 Å². The Labute approximate surface area is 158 Å². The zero-order chi connectivity index (χ0) is 18.1. The summed E-state index contributed by atoms with van der Waals surface area (Å²) in [7, 11) is 0. The Morgan fingerprint density at radius 1 is 0.731 bits per heavy atom. The van der Waals surface area contributed by atoms with E-state index in [2.05, 4.69) is 67.4 Å². The molecule has 0 atom stereocenters. The molecule has 2 nitrogen and oxygen atoms in total. The Morgan fingerprint density at radius 3 is 1.92 bits per heavy atom. The molecule has 0 spiro atoms. The Hall–Kier alpha value is -2.84. The van der Waals surface area contributed by atoms with Crippen molar-refractivity contribution in [2.24, 2.45) is 0 Å². The normalized spacial score (nSPS) is 10.9. The van der Waals surface area contributed by atoms with Crippen LogP contribution in [0, 0.1) is 13.8 Å². The van der Waals surface area contributed by atoms with Crippen molar-refractivity contribution in [3.63, 3.8) is 0 Å². The largest absolute Gasteiger partial charge is 0.337 e. The predicted octanol–water partition coefficient (Wildman–Crippen LogP) is 6.68. The maximum atomic E-state index is 6.39. The second kappa shape index (κ2) is 6.81. The number of aromatic amines is 1. The average Bonchev–Trinajstić information content (AvgIpc) is 3.08. The van der Waals surface area contributed by atoms with Crippen LogP contribution in [-0.4, -0.2) is 9.97 Å². The summed E-state index contributed by atoms with van der Waals surface area (Å²) >= 11 is 6.39. The van der Waals surface area contributed by atoms with Crippen LogP contribution in [0.25, 0.3) is 33.9 Å². The summed E-state index contributed by atoms with van der Waals surface area (Å²) in [6.07, 6.45) is 0. The summed E-state index contributed by atoms with van der Waals surface area (Å²) in [5.74, 6) is 0.779. The van der Waals surface area contributed by atoms with Gasteiger partial charge in [-0.05, 0) is 26.0 Å². The lowest BCUT2D eigenvalue weighted by Gasteiger charge is -2.04. The smallest absolute Gasteiger partial charge is 0.140 e. The molecule has 0 amide bonds. The molecule has 0 aliphatic heterocycles. The fraction of sp³-hybridized carbons (Fsp3) is 0.0870. The molecular weight excluding hydrogens is 340 g/mol. The van der Waals surface area contributed by atoms with Crippen LogP contribution in [0.4, 0.5) is 0 Å². The third kappa shape index (κ3) is 3.16. The van der Waals surface area contributed by atoms with Crippen LogP contribution in [0.5, 0.6) is 0 Å². The monoisotopic (exact) mass is 358 g/mol. The van der Waals surface area contributed by atoms with E-state index in [0.717, 1.165) is 33.9 Å². The topological polar surface area (TPSA) is 28.7 Å². The molecule has 0 radical (unpaired) electrons. The van der Waals surface area contributed by atoms with Crippen molar-refractivity contribution in [3.8, 4) is 33.9 Å². The molecule has 3 heteroatoms. The van der Waals surface area contributed by atoms with E-state index in [-0.39, 0.29) is 0 Å². The van der Waals surface area contributed by atoms with Crippen LogP contribution in [0.1, 0.15) is 11.1 Å². The summed E-state index contributed by atoms with van der Waals surface area (Å²) in [5, 5.41) is 0.687. The highest BCUT2D eigenvalue weighted by molar-refractivity contribution is 6.33. The van der Waals surface area contributed by atoms with Crippen molar-refractivity contribution in [2.45, 2.75) is 13.8 Å². The van der Waals surface area contributed by atoms with Crippen LogP contribution in [0.3, 0.4) is 0 Å². The Morgan fingerprint density at radius 2 is 1.31 bits per heavy atom. The van der Waals surface area contributed by atoms with Gasteiger partial charge in [-0.3, -0.25) is 0 Å². The number of rotatable bonds is 3. The minimum absolute atomic E-state index is 0.687. The second-order valence-corrected chi connectivity index (χ2v) is 6.93. The number of hydrogen-bond acceptors (Lipinski definition) is 1. The Bertz CT molecular complexity index is 982. The van der Waals surface area contributed by atoms with E-state index in [4.69, 9.17) is 16.6 Å². The van der Waals surface area contributed by atoms with Gasteiger partial charge in [-0.15, -0.1) is 0 Å². The van der Waals surface area contributed by atoms with Gasteiger partial charge < -0.3 is 4.98 Å². The van der Waals surface area contributed by atoms with Crippen LogP contribution in [-0.2, 0) is 0 Å². The number of hydrogen-bond donors (Lipinski definition) is 1. The van der Waals surface area contributed by atoms with E-state index in [9.17, 15) is 0 Å². The van der Waals surface area contributed by atoms with Crippen molar-refractivity contribution in [2.75, 3.05) is 0 Å². The SMILES string of the molecule is Cc1ccc(-c2nc(-c3ccccc3Cl)[nH]c2-c2ccc(C)cc2)cc1. The molecule has 0 unspecified atom stereocenters. The number of imidazole rings is 1. The molecular formula is C23H19ClN2. The highest BCUT2D eigenvalue weighted by atomic mass is 35.5. The standard InChI is InChI=1S/C23H19ClN2/c1-15-7-11-17(12-8-15)21-22(18-13-9-16(2)10-14-18)26-23(25-21)19-5-3-4-6-20(19)24/h3-14H,1-2H3,(H,25,26). The summed E-state index contributed by atoms with van der Waals surface area (Å²) < 4.78 is 0. The van der Waals surface area contributed by atoms with Gasteiger partial charge in [0, 0.05) is 16.7 Å². The predicted molar refractivity (Wildman–Crippen MR) is 109 cm³/mol. The van der Waals surface area contributed by atoms with Crippen LogP contribution in [0.2, 0.25) is 5.02 Å². The van der Waals surface area contributed by atoms with Gasteiger partial charge in [0.2, 0.25) is 0 Å². The van der Waals surface area contributed by atoms with Gasteiger partial charge in [-0.2, -0.15) is 0 Å². The lowest BCUT2D eigenvalue weighted by molar-refractivity contribution is 1.31. The number of aryl methyl sites for hydroxylation is 2. The van der Waals surface area contributed by atoms with Crippen molar-refractivity contribution in [3.05, 3.63) is 88.9 Å². The van der Waals surface area contributed by atoms with Crippen LogP contribution < -0.4 is 0 Å². The van der Waals surface area contributed by atoms with Gasteiger partial charge in [0.25, 0.3) is 0 Å². The molecule has 1 aromatic heterocycles. The second-order valence-electron chi connectivity index (χ2n) is 6.52. The van der Waals surface area contributed by atoms with E-state index in [0.29, 0.717) is 5.02 Å². The molecule has 0 saturated heterocycles. The molecule has 4 rings (SSSR count). The third-order valence-electron chi connectivity index (χ3n) is 4.50. The van der Waals surface area contributed by atoms with Crippen molar-refractivity contribution in [1.29, 1.82) is 0 Å². The third-order valence-corrected chi connectivity index (χ3v) is 4.83. The minimum atomic E-state index is 0.687. The van der Waals surface area contributed by atoms with Crippen molar-refractivity contribution in [1.82, 2.24) is 9.97 Å². The van der Waals surface area contributed by atoms with E-state index in [1.807, 2.05) is 24.3 Å². The number of halogens is 1. The lowest BCUT2D eigenvalue weighted by atomic mass is 10.0. The van der Waals surface area contributed by atoms with Gasteiger partial charge in [0.1, 0.15) is 5.82 Å². The first-order valence-corrected chi connectivity index (χ1v) is 8.98. The zero-order valence-corrected chi connectivity index (χ0v) is 15.5. The summed E-state index contributed by atoms with van der Waals surface area (Å²) in [6.45, 7) is 4.18. The molecule has 3 aromatic carbocycles. The van der Waals surface area contributed by atoms with Gasteiger partial charge >= 0.3 is 0 Å². The number of H-pyrrole nitrogens is 1. The van der Waals surface area contributed by atoms with E-state index >= 15 is 0 Å². The van der Waals surface area contributed by atoms with Gasteiger partial charge in [-0.25, -0.2) is 4.98 Å². The number of nitrogens with one attached hydrogen (secondary N) is 1.